The second-order valence-electron chi connectivity index (χ2n) is 10.6. The van der Waals surface area contributed by atoms with Crippen LogP contribution in [0.1, 0.15) is 11.8 Å². The van der Waals surface area contributed by atoms with Crippen molar-refractivity contribution in [2.24, 2.45) is 0 Å². The molecule has 2 fully saturated rings. The van der Waals surface area contributed by atoms with Gasteiger partial charge in [-0.15, -0.1) is 11.3 Å². The maximum atomic E-state index is 12.8. The van der Waals surface area contributed by atoms with Gasteiger partial charge in [0.25, 0.3) is 5.91 Å². The zero-order valence-electron chi connectivity index (χ0n) is 22.9. The molecule has 0 saturated carbocycles. The molecule has 2 saturated heterocycles. The molecule has 0 spiro atoms. The van der Waals surface area contributed by atoms with Crippen LogP contribution in [0, 0.1) is 11.3 Å². The number of piperazine rings is 1. The SMILES string of the molecule is C/C(=C(/C#N)C(=O)NC[C@H]1OC(O)[C@H](O)[C@@H](O)[C@@H]1O)c1ccc(-c2ccc3cc(N4CCN(C)CC4)ccc3c2)s1. The lowest BCUT2D eigenvalue weighted by Gasteiger charge is -2.38. The van der Waals surface area contributed by atoms with Crippen LogP contribution in [0.15, 0.2) is 54.1 Å². The average molecular weight is 579 g/mol. The Kier molecular flexibility index (Phi) is 8.72. The molecule has 1 unspecified atom stereocenters. The van der Waals surface area contributed by atoms with Crippen LogP contribution >= 0.6 is 11.3 Å². The third-order valence-corrected chi connectivity index (χ3v) is 9.07. The third kappa shape index (κ3) is 6.14. The number of aliphatic hydroxyl groups is 4. The molecule has 0 radical (unpaired) electrons. The van der Waals surface area contributed by atoms with Gasteiger partial charge < -0.3 is 40.3 Å². The molecular formula is C30H34N4O6S. The highest BCUT2D eigenvalue weighted by Gasteiger charge is 2.43. The van der Waals surface area contributed by atoms with E-state index in [4.69, 9.17) is 4.74 Å². The standard InChI is InChI=1S/C30H34N4O6S/c1-17(22(15-31)29(38)32-16-23-26(35)27(36)28(37)30(39)40-23)24-7-8-25(41-24)20-4-3-19-14-21(6-5-18(19)13-20)34-11-9-33(2)10-12-34/h3-8,13-14,23,26-28,30,35-37,39H,9-12,16H2,1-2H3,(H,32,38)/b22-17+/t23-,26-,27+,28-,30?/m1/s1. The molecule has 2 aliphatic rings. The Morgan fingerprint density at radius 1 is 1.00 bits per heavy atom. The van der Waals surface area contributed by atoms with Crippen LogP contribution in [0.3, 0.4) is 0 Å². The van der Waals surface area contributed by atoms with E-state index in [0.717, 1.165) is 46.9 Å². The predicted octanol–water partition coefficient (Wildman–Crippen LogP) is 1.53. The van der Waals surface area contributed by atoms with Crippen LogP contribution in [0.5, 0.6) is 0 Å². The zero-order valence-corrected chi connectivity index (χ0v) is 23.7. The van der Waals surface area contributed by atoms with E-state index in [1.54, 1.807) is 6.92 Å². The number of amides is 1. The van der Waals surface area contributed by atoms with Crippen LogP contribution in [-0.4, -0.2) is 102 Å². The summed E-state index contributed by atoms with van der Waals surface area (Å²) in [6, 6.07) is 18.7. The molecule has 0 bridgehead atoms. The topological polar surface area (TPSA) is 150 Å². The van der Waals surface area contributed by atoms with E-state index in [9.17, 15) is 30.5 Å². The number of thiophene rings is 1. The van der Waals surface area contributed by atoms with Gasteiger partial charge in [0, 0.05) is 48.2 Å². The van der Waals surface area contributed by atoms with Crippen molar-refractivity contribution in [3.63, 3.8) is 0 Å². The minimum Gasteiger partial charge on any atom is -0.388 e. The summed E-state index contributed by atoms with van der Waals surface area (Å²) in [5, 5.41) is 53.8. The highest BCUT2D eigenvalue weighted by molar-refractivity contribution is 7.16. The molecule has 41 heavy (non-hydrogen) atoms. The quantitative estimate of drug-likeness (QED) is 0.217. The third-order valence-electron chi connectivity index (χ3n) is 7.82. The number of hydrogen-bond acceptors (Lipinski definition) is 10. The number of hydrogen-bond donors (Lipinski definition) is 5. The lowest BCUT2D eigenvalue weighted by atomic mass is 9.99. The van der Waals surface area contributed by atoms with Crippen molar-refractivity contribution < 1.29 is 30.0 Å². The Labute approximate surface area is 242 Å². The van der Waals surface area contributed by atoms with E-state index in [1.165, 1.54) is 22.4 Å². The Morgan fingerprint density at radius 2 is 1.71 bits per heavy atom. The number of nitriles is 1. The molecule has 5 atom stereocenters. The van der Waals surface area contributed by atoms with Crippen molar-refractivity contribution in [3.8, 4) is 16.5 Å². The van der Waals surface area contributed by atoms with Gasteiger partial charge in [0.2, 0.25) is 0 Å². The Hall–Kier alpha value is -3.34. The average Bonchev–Trinajstić information content (AvgIpc) is 3.48. The van der Waals surface area contributed by atoms with Crippen molar-refractivity contribution in [3.05, 3.63) is 59.0 Å². The highest BCUT2D eigenvalue weighted by atomic mass is 32.1. The number of allylic oxidation sites excluding steroid dienone is 1. The molecule has 0 aliphatic carbocycles. The number of benzene rings is 2. The van der Waals surface area contributed by atoms with E-state index < -0.39 is 36.6 Å². The number of rotatable bonds is 6. The zero-order chi connectivity index (χ0) is 29.3. The second-order valence-corrected chi connectivity index (χ2v) is 11.6. The molecule has 3 aromatic rings. The van der Waals surface area contributed by atoms with Gasteiger partial charge in [0.15, 0.2) is 6.29 Å². The van der Waals surface area contributed by atoms with Crippen LogP contribution in [0.2, 0.25) is 0 Å². The molecule has 1 amide bonds. The van der Waals surface area contributed by atoms with Gasteiger partial charge in [0.05, 0.1) is 0 Å². The van der Waals surface area contributed by atoms with Gasteiger partial charge in [-0.25, -0.2) is 0 Å². The summed E-state index contributed by atoms with van der Waals surface area (Å²) in [5.41, 5.74) is 2.67. The first-order valence-electron chi connectivity index (χ1n) is 13.5. The fraction of sp³-hybridized carbons (Fsp3) is 0.400. The molecule has 11 heteroatoms. The number of ether oxygens (including phenoxy) is 1. The van der Waals surface area contributed by atoms with Crippen molar-refractivity contribution in [1.82, 2.24) is 10.2 Å². The number of nitrogens with zero attached hydrogens (tertiary/aromatic N) is 3. The molecular weight excluding hydrogens is 544 g/mol. The lowest BCUT2D eigenvalue weighted by Crippen LogP contribution is -2.60. The maximum Gasteiger partial charge on any atom is 0.262 e. The molecule has 5 rings (SSSR count). The number of fused-ring (bicyclic) bond motifs is 1. The molecule has 216 valence electrons. The predicted molar refractivity (Wildman–Crippen MR) is 157 cm³/mol. The molecule has 1 aromatic heterocycles. The van der Waals surface area contributed by atoms with Crippen molar-refractivity contribution in [2.75, 3.05) is 44.7 Å². The smallest absolute Gasteiger partial charge is 0.262 e. The lowest BCUT2D eigenvalue weighted by molar-refractivity contribution is -0.280. The summed E-state index contributed by atoms with van der Waals surface area (Å²) in [6.45, 7) is 5.56. The molecule has 2 aromatic carbocycles. The van der Waals surface area contributed by atoms with Gasteiger partial charge in [0.1, 0.15) is 36.1 Å². The summed E-state index contributed by atoms with van der Waals surface area (Å²) in [6.07, 6.45) is -7.69. The van der Waals surface area contributed by atoms with Crippen LogP contribution in [0.4, 0.5) is 5.69 Å². The first-order chi connectivity index (χ1) is 19.7. The second kappa shape index (κ2) is 12.3. The largest absolute Gasteiger partial charge is 0.388 e. The number of nitrogens with one attached hydrogen (secondary N) is 1. The monoisotopic (exact) mass is 578 g/mol. The summed E-state index contributed by atoms with van der Waals surface area (Å²) >= 11 is 1.48. The van der Waals surface area contributed by atoms with E-state index in [-0.39, 0.29) is 12.1 Å². The molecule has 10 nitrogen and oxygen atoms in total. The number of aliphatic hydroxyl groups excluding tert-OH is 4. The van der Waals surface area contributed by atoms with Gasteiger partial charge >= 0.3 is 0 Å². The fourth-order valence-electron chi connectivity index (χ4n) is 5.15. The van der Waals surface area contributed by atoms with E-state index >= 15 is 0 Å². The number of carbonyl (C=O) groups excluding carboxylic acids is 1. The molecule has 3 heterocycles. The highest BCUT2D eigenvalue weighted by Crippen LogP contribution is 2.35. The van der Waals surface area contributed by atoms with Crippen LogP contribution in [0.25, 0.3) is 26.8 Å². The molecule has 2 aliphatic heterocycles. The van der Waals surface area contributed by atoms with Crippen molar-refractivity contribution in [2.45, 2.75) is 37.6 Å². The first kappa shape index (κ1) is 29.2. The van der Waals surface area contributed by atoms with Crippen LogP contribution in [-0.2, 0) is 9.53 Å². The Morgan fingerprint density at radius 3 is 2.44 bits per heavy atom. The summed E-state index contributed by atoms with van der Waals surface area (Å²) in [7, 11) is 2.15. The van der Waals surface area contributed by atoms with Crippen molar-refractivity contribution in [1.29, 1.82) is 5.26 Å². The Bertz CT molecular complexity index is 1490. The van der Waals surface area contributed by atoms with Gasteiger partial charge in [-0.05, 0) is 66.2 Å². The van der Waals surface area contributed by atoms with E-state index in [0.29, 0.717) is 5.57 Å². The number of anilines is 1. The fourth-order valence-corrected chi connectivity index (χ4v) is 6.16. The number of carbonyl (C=O) groups is 1. The van der Waals surface area contributed by atoms with E-state index in [1.807, 2.05) is 18.2 Å². The number of likely N-dealkylation sites (N-methyl/N-ethyl adjacent to an activating group) is 1. The van der Waals surface area contributed by atoms with E-state index in [2.05, 4.69) is 58.6 Å². The summed E-state index contributed by atoms with van der Waals surface area (Å²) in [4.78, 5) is 19.4. The molecule has 5 N–H and O–H groups in total. The van der Waals surface area contributed by atoms with Crippen molar-refractivity contribution >= 4 is 39.3 Å². The van der Waals surface area contributed by atoms with Gasteiger partial charge in [-0.1, -0.05) is 18.2 Å². The van der Waals surface area contributed by atoms with Gasteiger partial charge in [-0.3, -0.25) is 4.79 Å². The summed E-state index contributed by atoms with van der Waals surface area (Å²) < 4.78 is 5.09. The minimum absolute atomic E-state index is 0.0974. The first-order valence-corrected chi connectivity index (χ1v) is 14.3. The van der Waals surface area contributed by atoms with Gasteiger partial charge in [-0.2, -0.15) is 5.26 Å². The van der Waals surface area contributed by atoms with Crippen LogP contribution < -0.4 is 10.2 Å². The Balaban J connectivity index is 1.29. The maximum absolute atomic E-state index is 12.8. The normalized spacial score (nSPS) is 26.0. The minimum atomic E-state index is -1.71. The summed E-state index contributed by atoms with van der Waals surface area (Å²) in [5.74, 6) is -0.673.